The zero-order valence-electron chi connectivity index (χ0n) is 7.19. The van der Waals surface area contributed by atoms with Gasteiger partial charge < -0.3 is 4.74 Å². The van der Waals surface area contributed by atoms with E-state index in [1.807, 2.05) is 35.8 Å². The fourth-order valence-electron chi connectivity index (χ4n) is 0.948. The average molecular weight is 180 g/mol. The summed E-state index contributed by atoms with van der Waals surface area (Å²) in [5.41, 5.74) is 3.02. The van der Waals surface area contributed by atoms with Crippen LogP contribution in [0.3, 0.4) is 0 Å². The van der Waals surface area contributed by atoms with Crippen LogP contribution in [-0.2, 0) is 11.2 Å². The molecule has 4 nitrogen and oxygen atoms in total. The van der Waals surface area contributed by atoms with Gasteiger partial charge in [0.05, 0.1) is 6.61 Å². The third-order valence-corrected chi connectivity index (χ3v) is 1.58. The van der Waals surface area contributed by atoms with Crippen molar-refractivity contribution in [3.8, 4) is 0 Å². The summed E-state index contributed by atoms with van der Waals surface area (Å²) in [7, 11) is 0. The van der Waals surface area contributed by atoms with E-state index in [1.165, 1.54) is 0 Å². The van der Waals surface area contributed by atoms with E-state index >= 15 is 0 Å². The van der Waals surface area contributed by atoms with Crippen molar-refractivity contribution in [2.75, 3.05) is 6.61 Å². The first-order valence-electron chi connectivity index (χ1n) is 4.00. The van der Waals surface area contributed by atoms with E-state index in [1.54, 1.807) is 0 Å². The van der Waals surface area contributed by atoms with Crippen molar-refractivity contribution in [3.63, 3.8) is 0 Å². The Bertz CT molecular complexity index is 262. The molecule has 0 saturated heterocycles. The van der Waals surface area contributed by atoms with Crippen LogP contribution in [0.4, 0.5) is 4.79 Å². The van der Waals surface area contributed by atoms with E-state index in [0.717, 1.165) is 5.56 Å². The number of hydrogen-bond donors (Lipinski definition) is 2. The third kappa shape index (κ3) is 3.57. The van der Waals surface area contributed by atoms with Gasteiger partial charge in [-0.15, -0.1) is 0 Å². The van der Waals surface area contributed by atoms with E-state index < -0.39 is 6.09 Å². The monoisotopic (exact) mass is 180 g/mol. The van der Waals surface area contributed by atoms with Crippen molar-refractivity contribution >= 4 is 6.09 Å². The van der Waals surface area contributed by atoms with Gasteiger partial charge in [-0.1, -0.05) is 30.3 Å². The molecule has 4 heteroatoms. The number of hydrogen-bond acceptors (Lipinski definition) is 3. The molecule has 0 aliphatic heterocycles. The summed E-state index contributed by atoms with van der Waals surface area (Å²) in [5, 5.41) is 0. The van der Waals surface area contributed by atoms with Gasteiger partial charge in [0.25, 0.3) is 0 Å². The average Bonchev–Trinajstić information content (AvgIpc) is 2.19. The molecule has 0 aromatic heterocycles. The fraction of sp³-hybridized carbons (Fsp3) is 0.222. The van der Waals surface area contributed by atoms with Crippen LogP contribution in [0.5, 0.6) is 0 Å². The van der Waals surface area contributed by atoms with Crippen molar-refractivity contribution in [3.05, 3.63) is 35.9 Å². The van der Waals surface area contributed by atoms with Gasteiger partial charge in [0, 0.05) is 6.42 Å². The van der Waals surface area contributed by atoms with Crippen LogP contribution in [0.2, 0.25) is 0 Å². The van der Waals surface area contributed by atoms with Gasteiger partial charge in [0.1, 0.15) is 0 Å². The lowest BCUT2D eigenvalue weighted by atomic mass is 10.2. The largest absolute Gasteiger partial charge is 0.448 e. The summed E-state index contributed by atoms with van der Waals surface area (Å²) in [6.07, 6.45) is 0.102. The van der Waals surface area contributed by atoms with E-state index in [4.69, 9.17) is 10.6 Å². The van der Waals surface area contributed by atoms with E-state index in [9.17, 15) is 4.79 Å². The first kappa shape index (κ1) is 9.54. The maximum atomic E-state index is 10.5. The van der Waals surface area contributed by atoms with Gasteiger partial charge in [-0.05, 0) is 5.56 Å². The molecule has 13 heavy (non-hydrogen) atoms. The normalized spacial score (nSPS) is 9.31. The minimum absolute atomic E-state index is 0.340. The van der Waals surface area contributed by atoms with E-state index in [0.29, 0.717) is 13.0 Å². The van der Waals surface area contributed by atoms with Gasteiger partial charge in [-0.25, -0.2) is 10.6 Å². The zero-order valence-corrected chi connectivity index (χ0v) is 7.19. The molecule has 1 rings (SSSR count). The Kier molecular flexibility index (Phi) is 3.78. The van der Waals surface area contributed by atoms with Crippen molar-refractivity contribution in [1.82, 2.24) is 5.43 Å². The van der Waals surface area contributed by atoms with Gasteiger partial charge >= 0.3 is 6.09 Å². The first-order valence-corrected chi connectivity index (χ1v) is 4.00. The predicted molar refractivity (Wildman–Crippen MR) is 48.8 cm³/mol. The molecule has 0 heterocycles. The topological polar surface area (TPSA) is 64.3 Å². The Morgan fingerprint density at radius 1 is 1.38 bits per heavy atom. The Morgan fingerprint density at radius 2 is 2.08 bits per heavy atom. The molecular formula is C9H12N2O2. The molecular weight excluding hydrogens is 168 g/mol. The molecule has 1 amide bonds. The highest BCUT2D eigenvalue weighted by atomic mass is 16.5. The zero-order chi connectivity index (χ0) is 9.52. The lowest BCUT2D eigenvalue weighted by molar-refractivity contribution is 0.147. The Balaban J connectivity index is 2.24. The minimum Gasteiger partial charge on any atom is -0.448 e. The number of amides is 1. The van der Waals surface area contributed by atoms with E-state index in [2.05, 4.69) is 0 Å². The number of carbonyl (C=O) groups is 1. The second-order valence-electron chi connectivity index (χ2n) is 2.52. The number of nitrogens with one attached hydrogen (secondary N) is 1. The summed E-state index contributed by atoms with van der Waals surface area (Å²) in [4.78, 5) is 10.5. The smallest absolute Gasteiger partial charge is 0.421 e. The van der Waals surface area contributed by atoms with Crippen LogP contribution in [0.1, 0.15) is 5.56 Å². The van der Waals surface area contributed by atoms with E-state index in [-0.39, 0.29) is 0 Å². The molecule has 0 unspecified atom stereocenters. The number of rotatable bonds is 3. The van der Waals surface area contributed by atoms with Crippen LogP contribution in [0.15, 0.2) is 30.3 Å². The molecule has 0 atom stereocenters. The lowest BCUT2D eigenvalue weighted by Gasteiger charge is -2.02. The Hall–Kier alpha value is -1.55. The van der Waals surface area contributed by atoms with Crippen LogP contribution in [-0.4, -0.2) is 12.7 Å². The maximum Gasteiger partial charge on any atom is 0.421 e. The SMILES string of the molecule is NNC(=O)OCCc1ccccc1. The number of benzene rings is 1. The lowest BCUT2D eigenvalue weighted by Crippen LogP contribution is -2.31. The molecule has 70 valence electrons. The highest BCUT2D eigenvalue weighted by molar-refractivity contribution is 5.66. The Labute approximate surface area is 76.7 Å². The second kappa shape index (κ2) is 5.16. The molecule has 1 aromatic rings. The van der Waals surface area contributed by atoms with Crippen LogP contribution in [0.25, 0.3) is 0 Å². The molecule has 0 fully saturated rings. The highest BCUT2D eigenvalue weighted by Crippen LogP contribution is 1.99. The summed E-state index contributed by atoms with van der Waals surface area (Å²) in [6, 6.07) is 9.78. The molecule has 0 aliphatic rings. The maximum absolute atomic E-state index is 10.5. The summed E-state index contributed by atoms with van der Waals surface area (Å²) >= 11 is 0. The summed E-state index contributed by atoms with van der Waals surface area (Å²) < 4.78 is 4.72. The van der Waals surface area contributed by atoms with Crippen molar-refractivity contribution in [2.45, 2.75) is 6.42 Å². The van der Waals surface area contributed by atoms with Gasteiger partial charge in [-0.3, -0.25) is 5.43 Å². The van der Waals surface area contributed by atoms with Gasteiger partial charge in [0.2, 0.25) is 0 Å². The number of ether oxygens (including phenoxy) is 1. The summed E-state index contributed by atoms with van der Waals surface area (Å²) in [6.45, 7) is 0.340. The minimum atomic E-state index is -0.601. The first-order chi connectivity index (χ1) is 6.33. The van der Waals surface area contributed by atoms with Gasteiger partial charge in [-0.2, -0.15) is 0 Å². The van der Waals surface area contributed by atoms with Crippen molar-refractivity contribution in [1.29, 1.82) is 0 Å². The second-order valence-corrected chi connectivity index (χ2v) is 2.52. The predicted octanol–water partition coefficient (Wildman–Crippen LogP) is 0.829. The Morgan fingerprint density at radius 3 is 2.69 bits per heavy atom. The number of hydrazine groups is 1. The van der Waals surface area contributed by atoms with Crippen LogP contribution >= 0.6 is 0 Å². The molecule has 1 aromatic carbocycles. The molecule has 0 saturated carbocycles. The van der Waals surface area contributed by atoms with Crippen LogP contribution < -0.4 is 11.3 Å². The van der Waals surface area contributed by atoms with Crippen molar-refractivity contribution in [2.24, 2.45) is 5.84 Å². The molecule has 0 bridgehead atoms. The molecule has 0 aliphatic carbocycles. The quantitative estimate of drug-likeness (QED) is 0.411. The molecule has 0 radical (unpaired) electrons. The highest BCUT2D eigenvalue weighted by Gasteiger charge is 1.97. The summed E-state index contributed by atoms with van der Waals surface area (Å²) in [5.74, 6) is 4.83. The van der Waals surface area contributed by atoms with Crippen LogP contribution in [0, 0.1) is 0 Å². The number of nitrogens with two attached hydrogens (primary N) is 1. The third-order valence-electron chi connectivity index (χ3n) is 1.58. The molecule has 0 spiro atoms. The fourth-order valence-corrected chi connectivity index (χ4v) is 0.948. The standard InChI is InChI=1S/C9H12N2O2/c10-11-9(12)13-7-6-8-4-2-1-3-5-8/h1-5H,6-7,10H2,(H,11,12). The number of carbonyl (C=O) groups excluding carboxylic acids is 1. The van der Waals surface area contributed by atoms with Crippen molar-refractivity contribution < 1.29 is 9.53 Å². The molecule has 3 N–H and O–H groups in total. The van der Waals surface area contributed by atoms with Gasteiger partial charge in [0.15, 0.2) is 0 Å².